The lowest BCUT2D eigenvalue weighted by atomic mass is 10.2. The van der Waals surface area contributed by atoms with Gasteiger partial charge < -0.3 is 9.88 Å². The maximum atomic E-state index is 12.5. The molecule has 0 atom stereocenters. The minimum atomic E-state index is -0.0203. The first-order chi connectivity index (χ1) is 10.7. The van der Waals surface area contributed by atoms with E-state index >= 15 is 0 Å². The molecule has 3 heterocycles. The highest BCUT2D eigenvalue weighted by molar-refractivity contribution is 7.16. The van der Waals surface area contributed by atoms with Crippen LogP contribution in [-0.2, 0) is 6.42 Å². The number of rotatable bonds is 5. The first-order valence-corrected chi connectivity index (χ1v) is 8.31. The summed E-state index contributed by atoms with van der Waals surface area (Å²) in [4.78, 5) is 17.9. The number of amides is 1. The highest BCUT2D eigenvalue weighted by atomic mass is 32.1. The second-order valence-corrected chi connectivity index (χ2v) is 6.40. The van der Waals surface area contributed by atoms with Crippen LogP contribution in [0.2, 0.25) is 0 Å². The Balaban J connectivity index is 1.72. The lowest BCUT2D eigenvalue weighted by Crippen LogP contribution is -2.28. The van der Waals surface area contributed by atoms with Crippen molar-refractivity contribution in [3.8, 4) is 0 Å². The van der Waals surface area contributed by atoms with Crippen molar-refractivity contribution >= 4 is 27.5 Å². The van der Waals surface area contributed by atoms with Gasteiger partial charge in [0.25, 0.3) is 5.91 Å². The normalized spacial score (nSPS) is 11.2. The Morgan fingerprint density at radius 2 is 2.23 bits per heavy atom. The number of carbonyl (C=O) groups excluding carboxylic acids is 1. The van der Waals surface area contributed by atoms with E-state index in [1.54, 1.807) is 17.5 Å². The third-order valence-corrected chi connectivity index (χ3v) is 4.51. The molecule has 0 aliphatic heterocycles. The van der Waals surface area contributed by atoms with Crippen LogP contribution in [0.15, 0.2) is 41.9 Å². The minimum Gasteiger partial charge on any atom is -0.350 e. The summed E-state index contributed by atoms with van der Waals surface area (Å²) >= 11 is 1.67. The summed E-state index contributed by atoms with van der Waals surface area (Å²) in [6, 6.07) is 10.1. The standard InChI is InChI=1S/C17H19N3OS/c1-12(2)20-15(11-13-7-10-22-17(13)20)16(21)19-9-6-14-5-3-4-8-18-14/h3-5,7-8,10-12H,6,9H2,1-2H3,(H,19,21). The van der Waals surface area contributed by atoms with Crippen LogP contribution in [0.5, 0.6) is 0 Å². The van der Waals surface area contributed by atoms with Crippen molar-refractivity contribution in [2.24, 2.45) is 0 Å². The third-order valence-electron chi connectivity index (χ3n) is 3.59. The van der Waals surface area contributed by atoms with E-state index < -0.39 is 0 Å². The Morgan fingerprint density at radius 3 is 2.95 bits per heavy atom. The van der Waals surface area contributed by atoms with Crippen molar-refractivity contribution in [3.05, 3.63) is 53.3 Å². The average molecular weight is 313 g/mol. The molecule has 0 fully saturated rings. The van der Waals surface area contributed by atoms with E-state index in [4.69, 9.17) is 0 Å². The van der Waals surface area contributed by atoms with Crippen molar-refractivity contribution in [3.63, 3.8) is 0 Å². The van der Waals surface area contributed by atoms with Crippen LogP contribution >= 0.6 is 11.3 Å². The molecule has 0 aliphatic carbocycles. The number of nitrogens with zero attached hydrogens (tertiary/aromatic N) is 2. The molecule has 0 aromatic carbocycles. The first-order valence-electron chi connectivity index (χ1n) is 7.43. The molecule has 1 N–H and O–H groups in total. The Morgan fingerprint density at radius 1 is 1.36 bits per heavy atom. The van der Waals surface area contributed by atoms with Gasteiger partial charge in [-0.1, -0.05) is 6.07 Å². The number of aromatic nitrogens is 2. The summed E-state index contributed by atoms with van der Waals surface area (Å²) in [6.45, 7) is 4.79. The molecular weight excluding hydrogens is 294 g/mol. The molecule has 3 aromatic heterocycles. The maximum absolute atomic E-state index is 12.5. The highest BCUT2D eigenvalue weighted by Crippen LogP contribution is 2.28. The van der Waals surface area contributed by atoms with E-state index in [0.717, 1.165) is 28.0 Å². The molecule has 5 heteroatoms. The number of nitrogens with one attached hydrogen (secondary N) is 1. The van der Waals surface area contributed by atoms with Gasteiger partial charge in [-0.2, -0.15) is 0 Å². The molecule has 3 aromatic rings. The SMILES string of the molecule is CC(C)n1c(C(=O)NCCc2ccccn2)cc2ccsc21. The van der Waals surface area contributed by atoms with E-state index in [-0.39, 0.29) is 11.9 Å². The molecule has 0 saturated carbocycles. The van der Waals surface area contributed by atoms with Gasteiger partial charge in [-0.05, 0) is 43.5 Å². The van der Waals surface area contributed by atoms with Crippen molar-refractivity contribution < 1.29 is 4.79 Å². The summed E-state index contributed by atoms with van der Waals surface area (Å²) in [7, 11) is 0. The second kappa shape index (κ2) is 6.32. The van der Waals surface area contributed by atoms with Crippen LogP contribution in [0.3, 0.4) is 0 Å². The molecule has 4 nitrogen and oxygen atoms in total. The molecule has 0 aliphatic rings. The fourth-order valence-corrected chi connectivity index (χ4v) is 3.60. The van der Waals surface area contributed by atoms with E-state index in [1.807, 2.05) is 24.3 Å². The van der Waals surface area contributed by atoms with Gasteiger partial charge in [0.05, 0.1) is 0 Å². The summed E-state index contributed by atoms with van der Waals surface area (Å²) in [6.07, 6.45) is 2.51. The molecule has 0 unspecified atom stereocenters. The van der Waals surface area contributed by atoms with Crippen LogP contribution < -0.4 is 5.32 Å². The lowest BCUT2D eigenvalue weighted by Gasteiger charge is -2.13. The quantitative estimate of drug-likeness (QED) is 0.781. The van der Waals surface area contributed by atoms with Crippen LogP contribution in [0, 0.1) is 0 Å². The molecule has 114 valence electrons. The third kappa shape index (κ3) is 2.90. The van der Waals surface area contributed by atoms with Gasteiger partial charge in [-0.3, -0.25) is 9.78 Å². The van der Waals surface area contributed by atoms with Crippen molar-refractivity contribution in [1.29, 1.82) is 0 Å². The Bertz CT molecular complexity index is 774. The monoisotopic (exact) mass is 313 g/mol. The number of thiophene rings is 1. The summed E-state index contributed by atoms with van der Waals surface area (Å²) in [5.74, 6) is -0.0203. The lowest BCUT2D eigenvalue weighted by molar-refractivity contribution is 0.0944. The zero-order valence-electron chi connectivity index (χ0n) is 12.7. The molecular formula is C17H19N3OS. The summed E-state index contributed by atoms with van der Waals surface area (Å²) in [5.41, 5.74) is 1.72. The molecule has 3 rings (SSSR count). The molecule has 22 heavy (non-hydrogen) atoms. The topological polar surface area (TPSA) is 46.9 Å². The van der Waals surface area contributed by atoms with Crippen LogP contribution in [0.25, 0.3) is 10.2 Å². The van der Waals surface area contributed by atoms with Crippen molar-refractivity contribution in [2.75, 3.05) is 6.54 Å². The van der Waals surface area contributed by atoms with Crippen molar-refractivity contribution in [1.82, 2.24) is 14.9 Å². The Hall–Kier alpha value is -2.14. The van der Waals surface area contributed by atoms with Crippen molar-refractivity contribution in [2.45, 2.75) is 26.3 Å². The van der Waals surface area contributed by atoms with Gasteiger partial charge in [0, 0.05) is 36.3 Å². The highest BCUT2D eigenvalue weighted by Gasteiger charge is 2.17. The van der Waals surface area contributed by atoms with Crippen LogP contribution in [-0.4, -0.2) is 22.0 Å². The van der Waals surface area contributed by atoms with Gasteiger partial charge in [-0.15, -0.1) is 11.3 Å². The predicted molar refractivity (Wildman–Crippen MR) is 90.5 cm³/mol. The maximum Gasteiger partial charge on any atom is 0.267 e. The number of carbonyl (C=O) groups is 1. The fraction of sp³-hybridized carbons (Fsp3) is 0.294. The molecule has 0 saturated heterocycles. The van der Waals surface area contributed by atoms with Gasteiger partial charge in [0.1, 0.15) is 10.5 Å². The van der Waals surface area contributed by atoms with Gasteiger partial charge in [0.15, 0.2) is 0 Å². The molecule has 1 amide bonds. The predicted octanol–water partition coefficient (Wildman–Crippen LogP) is 3.65. The van der Waals surface area contributed by atoms with E-state index in [9.17, 15) is 4.79 Å². The zero-order chi connectivity index (χ0) is 15.5. The first kappa shape index (κ1) is 14.8. The summed E-state index contributed by atoms with van der Waals surface area (Å²) < 4.78 is 2.11. The average Bonchev–Trinajstić information content (AvgIpc) is 3.08. The molecule has 0 spiro atoms. The van der Waals surface area contributed by atoms with E-state index in [1.165, 1.54) is 0 Å². The number of hydrogen-bond donors (Lipinski definition) is 1. The van der Waals surface area contributed by atoms with E-state index in [0.29, 0.717) is 6.54 Å². The second-order valence-electron chi connectivity index (χ2n) is 5.50. The smallest absolute Gasteiger partial charge is 0.267 e. The number of pyridine rings is 1. The Kier molecular flexibility index (Phi) is 4.24. The van der Waals surface area contributed by atoms with Gasteiger partial charge >= 0.3 is 0 Å². The van der Waals surface area contributed by atoms with Gasteiger partial charge in [0.2, 0.25) is 0 Å². The van der Waals surface area contributed by atoms with Crippen LogP contribution in [0.1, 0.15) is 36.1 Å². The molecule has 0 radical (unpaired) electrons. The largest absolute Gasteiger partial charge is 0.350 e. The fourth-order valence-electron chi connectivity index (χ4n) is 2.57. The minimum absolute atomic E-state index is 0.0203. The van der Waals surface area contributed by atoms with Crippen LogP contribution in [0.4, 0.5) is 0 Å². The zero-order valence-corrected chi connectivity index (χ0v) is 13.6. The summed E-state index contributed by atoms with van der Waals surface area (Å²) in [5, 5.41) is 6.19. The van der Waals surface area contributed by atoms with E-state index in [2.05, 4.69) is 40.2 Å². The number of hydrogen-bond acceptors (Lipinski definition) is 3. The number of fused-ring (bicyclic) bond motifs is 1. The molecule has 0 bridgehead atoms. The van der Waals surface area contributed by atoms with Gasteiger partial charge in [-0.25, -0.2) is 0 Å². The Labute approximate surface area is 133 Å².